The standard InChI is InChI=1S/C18H19N3O3.C2HF3O2/c1-13-11-20(16(22)15-5-3-9-24-15)12-18(13)6-8-21(17(18)23)14-4-2-7-19-10-14;3-2(4,5)1(6)7/h2-5,7,9-10,13H,6,8,11-12H2,1H3;(H,6,7)/t13-,18-;/m1./s1. The lowest BCUT2D eigenvalue weighted by Gasteiger charge is -2.26. The third-order valence-electron chi connectivity index (χ3n) is 5.58. The zero-order valence-corrected chi connectivity index (χ0v) is 16.5. The Kier molecular flexibility index (Phi) is 6.05. The Balaban J connectivity index is 0.000000339. The average Bonchev–Trinajstić information content (AvgIpc) is 3.44. The quantitative estimate of drug-likeness (QED) is 0.772. The zero-order valence-electron chi connectivity index (χ0n) is 16.5. The molecule has 166 valence electrons. The summed E-state index contributed by atoms with van der Waals surface area (Å²) in [7, 11) is 0. The number of carboxylic acid groups (broad SMARTS) is 1. The number of carbonyl (C=O) groups excluding carboxylic acids is 2. The molecule has 1 spiro atoms. The van der Waals surface area contributed by atoms with Crippen molar-refractivity contribution >= 4 is 23.5 Å². The van der Waals surface area contributed by atoms with Gasteiger partial charge in [-0.1, -0.05) is 6.92 Å². The lowest BCUT2D eigenvalue weighted by Crippen LogP contribution is -2.40. The maximum atomic E-state index is 13.1. The molecular weight excluding hydrogens is 419 g/mol. The van der Waals surface area contributed by atoms with Crippen LogP contribution in [-0.4, -0.2) is 58.6 Å². The highest BCUT2D eigenvalue weighted by Gasteiger charge is 2.56. The summed E-state index contributed by atoms with van der Waals surface area (Å²) in [6.45, 7) is 3.74. The topological polar surface area (TPSA) is 104 Å². The van der Waals surface area contributed by atoms with E-state index < -0.39 is 17.6 Å². The molecule has 8 nitrogen and oxygen atoms in total. The van der Waals surface area contributed by atoms with Crippen LogP contribution < -0.4 is 4.90 Å². The molecule has 0 unspecified atom stereocenters. The van der Waals surface area contributed by atoms with Gasteiger partial charge in [0.1, 0.15) is 0 Å². The first-order valence-electron chi connectivity index (χ1n) is 9.41. The zero-order chi connectivity index (χ0) is 22.8. The van der Waals surface area contributed by atoms with Gasteiger partial charge in [0, 0.05) is 25.8 Å². The molecule has 2 aliphatic heterocycles. The molecule has 31 heavy (non-hydrogen) atoms. The maximum Gasteiger partial charge on any atom is 0.490 e. The lowest BCUT2D eigenvalue weighted by molar-refractivity contribution is -0.192. The van der Waals surface area contributed by atoms with E-state index in [0.29, 0.717) is 25.4 Å². The fourth-order valence-corrected chi connectivity index (χ4v) is 3.93. The number of carbonyl (C=O) groups is 3. The second-order valence-electron chi connectivity index (χ2n) is 7.44. The molecule has 2 atom stereocenters. The van der Waals surface area contributed by atoms with E-state index in [1.54, 1.807) is 34.3 Å². The molecule has 0 radical (unpaired) electrons. The Morgan fingerprint density at radius 1 is 1.29 bits per heavy atom. The molecule has 4 heterocycles. The van der Waals surface area contributed by atoms with Gasteiger partial charge in [0.25, 0.3) is 5.91 Å². The summed E-state index contributed by atoms with van der Waals surface area (Å²) >= 11 is 0. The maximum absolute atomic E-state index is 13.1. The molecule has 11 heteroatoms. The number of rotatable bonds is 2. The van der Waals surface area contributed by atoms with Crippen molar-refractivity contribution in [3.05, 3.63) is 48.7 Å². The normalized spacial score (nSPS) is 23.1. The summed E-state index contributed by atoms with van der Waals surface area (Å²) in [5.41, 5.74) is 0.320. The molecule has 0 bridgehead atoms. The summed E-state index contributed by atoms with van der Waals surface area (Å²) in [4.78, 5) is 42.2. The summed E-state index contributed by atoms with van der Waals surface area (Å²) in [6.07, 6.45) is 0.571. The third kappa shape index (κ3) is 4.39. The lowest BCUT2D eigenvalue weighted by atomic mass is 9.78. The fraction of sp³-hybridized carbons (Fsp3) is 0.400. The number of amides is 2. The van der Waals surface area contributed by atoms with Gasteiger partial charge in [-0.15, -0.1) is 0 Å². The number of halogens is 3. The van der Waals surface area contributed by atoms with Crippen LogP contribution in [0.3, 0.4) is 0 Å². The van der Waals surface area contributed by atoms with E-state index in [0.717, 1.165) is 12.1 Å². The minimum Gasteiger partial charge on any atom is -0.475 e. The number of alkyl halides is 3. The van der Waals surface area contributed by atoms with Gasteiger partial charge in [0.15, 0.2) is 5.76 Å². The van der Waals surface area contributed by atoms with Gasteiger partial charge in [0.2, 0.25) is 5.91 Å². The highest BCUT2D eigenvalue weighted by Crippen LogP contribution is 2.46. The van der Waals surface area contributed by atoms with Gasteiger partial charge in [0.05, 0.1) is 23.6 Å². The number of hydrogen-bond acceptors (Lipinski definition) is 5. The number of likely N-dealkylation sites (tertiary alicyclic amines) is 1. The largest absolute Gasteiger partial charge is 0.490 e. The molecule has 0 aromatic carbocycles. The number of carboxylic acids is 1. The van der Waals surface area contributed by atoms with Gasteiger partial charge in [-0.3, -0.25) is 14.6 Å². The van der Waals surface area contributed by atoms with E-state index in [9.17, 15) is 22.8 Å². The SMILES string of the molecule is C[C@@H]1CN(C(=O)c2ccco2)C[C@]12CCN(c1cccnc1)C2=O.O=C(O)C(F)(F)F. The number of aromatic nitrogens is 1. The van der Waals surface area contributed by atoms with E-state index in [2.05, 4.69) is 11.9 Å². The van der Waals surface area contributed by atoms with E-state index in [1.165, 1.54) is 6.26 Å². The Labute approximate surface area is 175 Å². The van der Waals surface area contributed by atoms with Gasteiger partial charge in [-0.05, 0) is 36.6 Å². The molecule has 2 aromatic rings. The second-order valence-corrected chi connectivity index (χ2v) is 7.44. The van der Waals surface area contributed by atoms with Crippen LogP contribution >= 0.6 is 0 Å². The van der Waals surface area contributed by atoms with Crippen LogP contribution in [0.4, 0.5) is 18.9 Å². The summed E-state index contributed by atoms with van der Waals surface area (Å²) in [5, 5.41) is 7.12. The molecular formula is C20H20F3N3O5. The highest BCUT2D eigenvalue weighted by atomic mass is 19.4. The molecule has 0 saturated carbocycles. The number of pyridine rings is 1. The fourth-order valence-electron chi connectivity index (χ4n) is 3.93. The van der Waals surface area contributed by atoms with Crippen molar-refractivity contribution in [2.75, 3.05) is 24.5 Å². The number of nitrogens with zero attached hydrogens (tertiary/aromatic N) is 3. The molecule has 2 aromatic heterocycles. The van der Waals surface area contributed by atoms with Crippen LogP contribution in [0.25, 0.3) is 0 Å². The first-order chi connectivity index (χ1) is 14.6. The van der Waals surface area contributed by atoms with Crippen molar-refractivity contribution < 1.29 is 37.1 Å². The number of aliphatic carboxylic acids is 1. The smallest absolute Gasteiger partial charge is 0.475 e. The number of furan rings is 1. The van der Waals surface area contributed by atoms with Crippen LogP contribution in [0.15, 0.2) is 47.3 Å². The minimum atomic E-state index is -5.08. The Morgan fingerprint density at radius 3 is 2.55 bits per heavy atom. The van der Waals surface area contributed by atoms with Gasteiger partial charge < -0.3 is 19.3 Å². The summed E-state index contributed by atoms with van der Waals surface area (Å²) < 4.78 is 37.0. The third-order valence-corrected chi connectivity index (χ3v) is 5.58. The van der Waals surface area contributed by atoms with Crippen LogP contribution in [0.5, 0.6) is 0 Å². The minimum absolute atomic E-state index is 0.0951. The van der Waals surface area contributed by atoms with Crippen LogP contribution in [0.1, 0.15) is 23.9 Å². The summed E-state index contributed by atoms with van der Waals surface area (Å²) in [5.74, 6) is -2.36. The van der Waals surface area contributed by atoms with E-state index >= 15 is 0 Å². The number of hydrogen-bond donors (Lipinski definition) is 1. The molecule has 2 fully saturated rings. The summed E-state index contributed by atoms with van der Waals surface area (Å²) in [6, 6.07) is 7.09. The molecule has 1 N–H and O–H groups in total. The van der Waals surface area contributed by atoms with Gasteiger partial charge in [-0.2, -0.15) is 13.2 Å². The Morgan fingerprint density at radius 2 is 2.00 bits per heavy atom. The monoisotopic (exact) mass is 439 g/mol. The average molecular weight is 439 g/mol. The van der Waals surface area contributed by atoms with Gasteiger partial charge >= 0.3 is 12.1 Å². The molecule has 2 amide bonds. The molecule has 2 aliphatic rings. The molecule has 2 saturated heterocycles. The van der Waals surface area contributed by atoms with Crippen LogP contribution in [-0.2, 0) is 9.59 Å². The Bertz CT molecular complexity index is 949. The van der Waals surface area contributed by atoms with Crippen molar-refractivity contribution in [1.82, 2.24) is 9.88 Å². The predicted molar refractivity (Wildman–Crippen MR) is 101 cm³/mol. The van der Waals surface area contributed by atoms with Crippen LogP contribution in [0.2, 0.25) is 0 Å². The Hall–Kier alpha value is -3.37. The van der Waals surface area contributed by atoms with Crippen molar-refractivity contribution in [2.45, 2.75) is 19.5 Å². The molecule has 4 rings (SSSR count). The van der Waals surface area contributed by atoms with Crippen LogP contribution in [0, 0.1) is 11.3 Å². The van der Waals surface area contributed by atoms with Crippen molar-refractivity contribution in [3.8, 4) is 0 Å². The highest BCUT2D eigenvalue weighted by molar-refractivity contribution is 6.01. The van der Waals surface area contributed by atoms with E-state index in [-0.39, 0.29) is 17.7 Å². The van der Waals surface area contributed by atoms with Crippen molar-refractivity contribution in [2.24, 2.45) is 11.3 Å². The number of anilines is 1. The van der Waals surface area contributed by atoms with Crippen molar-refractivity contribution in [1.29, 1.82) is 0 Å². The molecule has 0 aliphatic carbocycles. The van der Waals surface area contributed by atoms with E-state index in [4.69, 9.17) is 14.3 Å². The van der Waals surface area contributed by atoms with Crippen molar-refractivity contribution in [3.63, 3.8) is 0 Å². The first kappa shape index (κ1) is 22.3. The second kappa shape index (κ2) is 8.40. The predicted octanol–water partition coefficient (Wildman–Crippen LogP) is 2.82. The van der Waals surface area contributed by atoms with E-state index in [1.807, 2.05) is 12.1 Å². The van der Waals surface area contributed by atoms with Gasteiger partial charge in [-0.25, -0.2) is 4.79 Å². The first-order valence-corrected chi connectivity index (χ1v) is 9.41.